The molecule has 3 rings (SSSR count). The SMILES string of the molecule is Cn1c(CCc2ccco2)nc2cc(C(N)=O)ccc21. The molecule has 0 bridgehead atoms. The second-order valence-electron chi connectivity index (χ2n) is 4.73. The summed E-state index contributed by atoms with van der Waals surface area (Å²) in [6.07, 6.45) is 3.25. The molecule has 0 aliphatic heterocycles. The first-order valence-corrected chi connectivity index (χ1v) is 6.42. The van der Waals surface area contributed by atoms with Gasteiger partial charge < -0.3 is 14.7 Å². The third kappa shape index (κ3) is 2.18. The van der Waals surface area contributed by atoms with Gasteiger partial charge in [-0.05, 0) is 30.3 Å². The molecule has 0 atom stereocenters. The number of hydrogen-bond acceptors (Lipinski definition) is 3. The molecule has 3 aromatic rings. The number of imidazole rings is 1. The second-order valence-corrected chi connectivity index (χ2v) is 4.73. The Bertz CT molecular complexity index is 757. The summed E-state index contributed by atoms with van der Waals surface area (Å²) in [6.45, 7) is 0. The number of amides is 1. The quantitative estimate of drug-likeness (QED) is 0.787. The van der Waals surface area contributed by atoms with Crippen LogP contribution in [-0.4, -0.2) is 15.5 Å². The Balaban J connectivity index is 1.91. The lowest BCUT2D eigenvalue weighted by atomic mass is 10.2. The van der Waals surface area contributed by atoms with Crippen LogP contribution >= 0.6 is 0 Å². The van der Waals surface area contributed by atoms with E-state index in [0.29, 0.717) is 5.56 Å². The Kier molecular flexibility index (Phi) is 3.02. The zero-order chi connectivity index (χ0) is 14.1. The van der Waals surface area contributed by atoms with Crippen LogP contribution in [0.15, 0.2) is 41.0 Å². The van der Waals surface area contributed by atoms with Gasteiger partial charge in [0.05, 0.1) is 17.3 Å². The second kappa shape index (κ2) is 4.85. The number of nitrogens with two attached hydrogens (primary N) is 1. The van der Waals surface area contributed by atoms with Crippen molar-refractivity contribution < 1.29 is 9.21 Å². The molecule has 0 fully saturated rings. The summed E-state index contributed by atoms with van der Waals surface area (Å²) < 4.78 is 7.35. The Hall–Kier alpha value is -2.56. The number of furan rings is 1. The normalized spacial score (nSPS) is 11.1. The number of carbonyl (C=O) groups excluding carboxylic acids is 1. The first kappa shape index (κ1) is 12.5. The Morgan fingerprint density at radius 1 is 1.35 bits per heavy atom. The van der Waals surface area contributed by atoms with E-state index in [9.17, 15) is 4.79 Å². The molecule has 0 spiro atoms. The van der Waals surface area contributed by atoms with Crippen LogP contribution in [0.5, 0.6) is 0 Å². The van der Waals surface area contributed by atoms with Crippen LogP contribution in [0.1, 0.15) is 21.9 Å². The number of primary amides is 1. The lowest BCUT2D eigenvalue weighted by molar-refractivity contribution is 0.100. The molecule has 0 aliphatic rings. The molecule has 0 radical (unpaired) electrons. The van der Waals surface area contributed by atoms with Crippen LogP contribution in [0, 0.1) is 0 Å². The van der Waals surface area contributed by atoms with E-state index in [0.717, 1.165) is 35.5 Å². The van der Waals surface area contributed by atoms with Crippen LogP contribution < -0.4 is 5.73 Å². The highest BCUT2D eigenvalue weighted by Gasteiger charge is 2.10. The van der Waals surface area contributed by atoms with Crippen molar-refractivity contribution in [2.45, 2.75) is 12.8 Å². The summed E-state index contributed by atoms with van der Waals surface area (Å²) in [7, 11) is 1.97. The molecule has 1 amide bonds. The van der Waals surface area contributed by atoms with E-state index in [2.05, 4.69) is 4.98 Å². The van der Waals surface area contributed by atoms with Gasteiger partial charge in [0, 0.05) is 25.5 Å². The molecule has 0 aliphatic carbocycles. The molecular weight excluding hydrogens is 254 g/mol. The number of benzene rings is 1. The van der Waals surface area contributed by atoms with Gasteiger partial charge in [-0.25, -0.2) is 4.98 Å². The molecule has 20 heavy (non-hydrogen) atoms. The first-order valence-electron chi connectivity index (χ1n) is 6.42. The van der Waals surface area contributed by atoms with Crippen LogP contribution in [-0.2, 0) is 19.9 Å². The van der Waals surface area contributed by atoms with Crippen molar-refractivity contribution in [3.63, 3.8) is 0 Å². The highest BCUT2D eigenvalue weighted by molar-refractivity contribution is 5.96. The van der Waals surface area contributed by atoms with Crippen LogP contribution in [0.2, 0.25) is 0 Å². The average Bonchev–Trinajstić information content (AvgIpc) is 3.04. The molecule has 0 saturated heterocycles. The molecule has 0 saturated carbocycles. The smallest absolute Gasteiger partial charge is 0.248 e. The number of fused-ring (bicyclic) bond motifs is 1. The predicted octanol–water partition coefficient (Wildman–Crippen LogP) is 2.05. The maximum absolute atomic E-state index is 11.2. The van der Waals surface area contributed by atoms with Crippen molar-refractivity contribution in [2.75, 3.05) is 0 Å². The minimum atomic E-state index is -0.435. The molecule has 2 N–H and O–H groups in total. The van der Waals surface area contributed by atoms with Crippen LogP contribution in [0.3, 0.4) is 0 Å². The molecule has 2 aromatic heterocycles. The molecule has 2 heterocycles. The fourth-order valence-corrected chi connectivity index (χ4v) is 2.32. The van der Waals surface area contributed by atoms with Gasteiger partial charge in [0.25, 0.3) is 0 Å². The van der Waals surface area contributed by atoms with Gasteiger partial charge in [-0.2, -0.15) is 0 Å². The lowest BCUT2D eigenvalue weighted by Gasteiger charge is -2.01. The number of hydrogen-bond donors (Lipinski definition) is 1. The van der Waals surface area contributed by atoms with E-state index in [-0.39, 0.29) is 0 Å². The van der Waals surface area contributed by atoms with E-state index in [4.69, 9.17) is 10.2 Å². The highest BCUT2D eigenvalue weighted by Crippen LogP contribution is 2.18. The number of nitrogens with zero attached hydrogens (tertiary/aromatic N) is 2. The standard InChI is InChI=1S/C15H15N3O2/c1-18-13-6-4-10(15(16)19)9-12(13)17-14(18)7-5-11-3-2-8-20-11/h2-4,6,8-9H,5,7H2,1H3,(H2,16,19). The molecule has 1 aromatic carbocycles. The largest absolute Gasteiger partial charge is 0.469 e. The van der Waals surface area contributed by atoms with Crippen molar-refractivity contribution in [1.82, 2.24) is 9.55 Å². The van der Waals surface area contributed by atoms with Crippen molar-refractivity contribution in [2.24, 2.45) is 12.8 Å². The fraction of sp³-hybridized carbons (Fsp3) is 0.200. The lowest BCUT2D eigenvalue weighted by Crippen LogP contribution is -2.10. The van der Waals surface area contributed by atoms with Crippen molar-refractivity contribution >= 4 is 16.9 Å². The number of carbonyl (C=O) groups is 1. The van der Waals surface area contributed by atoms with Gasteiger partial charge >= 0.3 is 0 Å². The Morgan fingerprint density at radius 2 is 2.20 bits per heavy atom. The third-order valence-electron chi connectivity index (χ3n) is 3.43. The van der Waals surface area contributed by atoms with Gasteiger partial charge in [-0.1, -0.05) is 0 Å². The minimum Gasteiger partial charge on any atom is -0.469 e. The first-order chi connectivity index (χ1) is 9.65. The summed E-state index contributed by atoms with van der Waals surface area (Å²) in [5.74, 6) is 1.46. The van der Waals surface area contributed by atoms with Gasteiger partial charge in [0.15, 0.2) is 0 Å². The van der Waals surface area contributed by atoms with Gasteiger partial charge in [-0.3, -0.25) is 4.79 Å². The average molecular weight is 269 g/mol. The third-order valence-corrected chi connectivity index (χ3v) is 3.43. The summed E-state index contributed by atoms with van der Waals surface area (Å²) in [4.78, 5) is 15.8. The summed E-state index contributed by atoms with van der Waals surface area (Å²) >= 11 is 0. The van der Waals surface area contributed by atoms with Crippen molar-refractivity contribution in [1.29, 1.82) is 0 Å². The monoisotopic (exact) mass is 269 g/mol. The fourth-order valence-electron chi connectivity index (χ4n) is 2.32. The Morgan fingerprint density at radius 3 is 2.90 bits per heavy atom. The van der Waals surface area contributed by atoms with Crippen LogP contribution in [0.4, 0.5) is 0 Å². The maximum atomic E-state index is 11.2. The Labute approximate surface area is 116 Å². The number of aromatic nitrogens is 2. The zero-order valence-corrected chi connectivity index (χ0v) is 11.2. The predicted molar refractivity (Wildman–Crippen MR) is 75.3 cm³/mol. The molecule has 0 unspecified atom stereocenters. The van der Waals surface area contributed by atoms with E-state index in [1.807, 2.05) is 29.8 Å². The van der Waals surface area contributed by atoms with E-state index in [1.165, 1.54) is 0 Å². The molecule has 5 nitrogen and oxygen atoms in total. The zero-order valence-electron chi connectivity index (χ0n) is 11.2. The van der Waals surface area contributed by atoms with Crippen molar-refractivity contribution in [3.05, 3.63) is 53.7 Å². The van der Waals surface area contributed by atoms with Gasteiger partial charge in [0.1, 0.15) is 11.6 Å². The number of aryl methyl sites for hydroxylation is 3. The van der Waals surface area contributed by atoms with Crippen LogP contribution in [0.25, 0.3) is 11.0 Å². The minimum absolute atomic E-state index is 0.435. The molecule has 5 heteroatoms. The number of rotatable bonds is 4. The molecule has 102 valence electrons. The summed E-state index contributed by atoms with van der Waals surface area (Å²) in [5.41, 5.74) is 7.55. The topological polar surface area (TPSA) is 74.1 Å². The van der Waals surface area contributed by atoms with E-state index >= 15 is 0 Å². The summed E-state index contributed by atoms with van der Waals surface area (Å²) in [6, 6.07) is 9.16. The highest BCUT2D eigenvalue weighted by atomic mass is 16.3. The molecular formula is C15H15N3O2. The van der Waals surface area contributed by atoms with Gasteiger partial charge in [-0.15, -0.1) is 0 Å². The van der Waals surface area contributed by atoms with Crippen molar-refractivity contribution in [3.8, 4) is 0 Å². The van der Waals surface area contributed by atoms with E-state index in [1.54, 1.807) is 18.4 Å². The van der Waals surface area contributed by atoms with Gasteiger partial charge in [0.2, 0.25) is 5.91 Å². The maximum Gasteiger partial charge on any atom is 0.248 e. The van der Waals surface area contributed by atoms with E-state index < -0.39 is 5.91 Å². The summed E-state index contributed by atoms with van der Waals surface area (Å²) in [5, 5.41) is 0.